The molecule has 2 aromatic heterocycles. The summed E-state index contributed by atoms with van der Waals surface area (Å²) in [5.41, 5.74) is 0.602. The summed E-state index contributed by atoms with van der Waals surface area (Å²) in [7, 11) is -3.63. The van der Waals surface area contributed by atoms with Crippen LogP contribution < -0.4 is 5.32 Å². The number of furan rings is 1. The minimum atomic E-state index is -3.63. The molecule has 2 aromatic carbocycles. The molecule has 0 saturated carbocycles. The quantitative estimate of drug-likeness (QED) is 0.419. The van der Waals surface area contributed by atoms with E-state index >= 15 is 0 Å². The second kappa shape index (κ2) is 9.46. The first kappa shape index (κ1) is 23.0. The van der Waals surface area contributed by atoms with E-state index in [0.717, 1.165) is 38.1 Å². The van der Waals surface area contributed by atoms with Crippen molar-refractivity contribution < 1.29 is 22.0 Å². The second-order valence-corrected chi connectivity index (χ2v) is 10.4. The van der Waals surface area contributed by atoms with Gasteiger partial charge in [-0.2, -0.15) is 0 Å². The largest absolute Gasteiger partial charge is 0.455 e. The van der Waals surface area contributed by atoms with Crippen molar-refractivity contribution >= 4 is 21.4 Å². The molecular weight excluding hydrogens is 471 g/mol. The fourth-order valence-electron chi connectivity index (χ4n) is 4.12. The minimum absolute atomic E-state index is 0.0340. The van der Waals surface area contributed by atoms with Crippen LogP contribution in [0.4, 0.5) is 10.1 Å². The number of hydrogen-bond donors (Lipinski definition) is 1. The average molecular weight is 495 g/mol. The molecule has 3 heterocycles. The topological polar surface area (TPSA) is 107 Å². The molecule has 0 aliphatic carbocycles. The molecule has 0 saturated heterocycles. The number of aryl methyl sites for hydroxylation is 1. The molecule has 35 heavy (non-hydrogen) atoms. The van der Waals surface area contributed by atoms with Gasteiger partial charge in [-0.1, -0.05) is 24.6 Å². The van der Waals surface area contributed by atoms with Crippen molar-refractivity contribution in [2.75, 3.05) is 5.32 Å². The zero-order valence-corrected chi connectivity index (χ0v) is 19.6. The SMILES string of the molecule is O=C(Nc1cc(-c2nnc3n2CCCCC3)ccc1F)c1ccc(CS(=O)(=O)c2ccccc2)o1. The summed E-state index contributed by atoms with van der Waals surface area (Å²) in [6.07, 6.45) is 4.04. The number of carbonyl (C=O) groups is 1. The first-order valence-electron chi connectivity index (χ1n) is 11.3. The number of nitrogens with one attached hydrogen (secondary N) is 1. The predicted octanol–water partition coefficient (Wildman–Crippen LogP) is 4.63. The molecule has 1 aliphatic rings. The number of aromatic nitrogens is 3. The van der Waals surface area contributed by atoms with Crippen LogP contribution in [0.3, 0.4) is 0 Å². The molecule has 8 nitrogen and oxygen atoms in total. The summed E-state index contributed by atoms with van der Waals surface area (Å²) in [4.78, 5) is 12.9. The molecule has 0 unspecified atom stereocenters. The maximum Gasteiger partial charge on any atom is 0.291 e. The number of benzene rings is 2. The van der Waals surface area contributed by atoms with E-state index in [-0.39, 0.29) is 22.1 Å². The van der Waals surface area contributed by atoms with Gasteiger partial charge in [-0.25, -0.2) is 12.8 Å². The zero-order chi connectivity index (χ0) is 24.4. The molecule has 1 N–H and O–H groups in total. The van der Waals surface area contributed by atoms with Crippen LogP contribution in [-0.2, 0) is 28.6 Å². The van der Waals surface area contributed by atoms with Crippen molar-refractivity contribution in [1.82, 2.24) is 14.8 Å². The Kier molecular flexibility index (Phi) is 6.21. The number of sulfone groups is 1. The Bertz CT molecular complexity index is 1480. The van der Waals surface area contributed by atoms with E-state index in [1.165, 1.54) is 36.4 Å². The summed E-state index contributed by atoms with van der Waals surface area (Å²) in [6.45, 7) is 0.789. The lowest BCUT2D eigenvalue weighted by Gasteiger charge is -2.10. The molecule has 10 heteroatoms. The highest BCUT2D eigenvalue weighted by Crippen LogP contribution is 2.27. The van der Waals surface area contributed by atoms with E-state index in [2.05, 4.69) is 15.5 Å². The van der Waals surface area contributed by atoms with Gasteiger partial charge in [0.25, 0.3) is 5.91 Å². The van der Waals surface area contributed by atoms with E-state index in [0.29, 0.717) is 11.4 Å². The number of anilines is 1. The predicted molar refractivity (Wildman–Crippen MR) is 127 cm³/mol. The molecule has 0 radical (unpaired) electrons. The summed E-state index contributed by atoms with van der Waals surface area (Å²) >= 11 is 0. The Morgan fingerprint density at radius 2 is 1.86 bits per heavy atom. The van der Waals surface area contributed by atoms with Gasteiger partial charge >= 0.3 is 0 Å². The van der Waals surface area contributed by atoms with E-state index in [9.17, 15) is 17.6 Å². The summed E-state index contributed by atoms with van der Waals surface area (Å²) in [6, 6.07) is 15.2. The Morgan fingerprint density at radius 3 is 2.69 bits per heavy atom. The number of rotatable bonds is 6. The van der Waals surface area contributed by atoms with E-state index < -0.39 is 27.3 Å². The summed E-state index contributed by atoms with van der Waals surface area (Å²) in [5, 5.41) is 11.1. The number of halogens is 1. The fraction of sp³-hybridized carbons (Fsp3) is 0.240. The highest BCUT2D eigenvalue weighted by atomic mass is 32.2. The smallest absolute Gasteiger partial charge is 0.291 e. The van der Waals surface area contributed by atoms with Crippen LogP contribution in [0.25, 0.3) is 11.4 Å². The number of hydrogen-bond acceptors (Lipinski definition) is 6. The van der Waals surface area contributed by atoms with Crippen LogP contribution >= 0.6 is 0 Å². The Hall–Kier alpha value is -3.79. The van der Waals surface area contributed by atoms with E-state index in [1.807, 2.05) is 4.57 Å². The third-order valence-corrected chi connectivity index (χ3v) is 7.56. The maximum atomic E-state index is 14.5. The van der Waals surface area contributed by atoms with Crippen molar-refractivity contribution in [2.24, 2.45) is 0 Å². The first-order valence-corrected chi connectivity index (χ1v) is 13.0. The van der Waals surface area contributed by atoms with Crippen molar-refractivity contribution in [3.05, 3.63) is 83.8 Å². The van der Waals surface area contributed by atoms with Gasteiger partial charge in [0.1, 0.15) is 23.2 Å². The van der Waals surface area contributed by atoms with E-state index in [4.69, 9.17) is 4.42 Å². The highest BCUT2D eigenvalue weighted by molar-refractivity contribution is 7.90. The van der Waals surface area contributed by atoms with Gasteiger partial charge in [-0.3, -0.25) is 4.79 Å². The maximum absolute atomic E-state index is 14.5. The standard InChI is InChI=1S/C25H23FN4O4S/c26-20-12-10-17(24-29-28-23-9-5-2-6-14-30(23)24)15-21(20)27-25(31)22-13-11-18(34-22)16-35(32,33)19-7-3-1-4-8-19/h1,3-4,7-8,10-13,15H,2,5-6,9,14,16H2,(H,27,31). The Morgan fingerprint density at radius 1 is 1.03 bits per heavy atom. The molecule has 1 aliphatic heterocycles. The highest BCUT2D eigenvalue weighted by Gasteiger charge is 2.21. The minimum Gasteiger partial charge on any atom is -0.455 e. The van der Waals surface area contributed by atoms with Crippen LogP contribution in [-0.4, -0.2) is 29.1 Å². The van der Waals surface area contributed by atoms with Crippen molar-refractivity contribution in [3.63, 3.8) is 0 Å². The lowest BCUT2D eigenvalue weighted by atomic mass is 10.1. The van der Waals surface area contributed by atoms with Gasteiger partial charge in [0.2, 0.25) is 0 Å². The van der Waals surface area contributed by atoms with Gasteiger partial charge in [-0.05, 0) is 55.3 Å². The summed E-state index contributed by atoms with van der Waals surface area (Å²) < 4.78 is 47.2. The molecule has 180 valence electrons. The molecule has 4 aromatic rings. The molecule has 0 fully saturated rings. The number of nitrogens with zero attached hydrogens (tertiary/aromatic N) is 3. The van der Waals surface area contributed by atoms with E-state index in [1.54, 1.807) is 24.3 Å². The van der Waals surface area contributed by atoms with Crippen LogP contribution in [0.1, 0.15) is 41.4 Å². The normalized spacial score (nSPS) is 13.7. The number of amides is 1. The molecule has 5 rings (SSSR count). The third-order valence-electron chi connectivity index (χ3n) is 5.90. The molecule has 0 spiro atoms. The van der Waals surface area contributed by atoms with Crippen LogP contribution in [0.2, 0.25) is 0 Å². The van der Waals surface area contributed by atoms with Gasteiger partial charge in [0, 0.05) is 18.5 Å². The van der Waals surface area contributed by atoms with Gasteiger partial charge in [0.15, 0.2) is 21.4 Å². The van der Waals surface area contributed by atoms with Crippen LogP contribution in [0.5, 0.6) is 0 Å². The zero-order valence-electron chi connectivity index (χ0n) is 18.8. The second-order valence-electron chi connectivity index (χ2n) is 8.39. The monoisotopic (exact) mass is 494 g/mol. The van der Waals surface area contributed by atoms with Crippen molar-refractivity contribution in [1.29, 1.82) is 0 Å². The lowest BCUT2D eigenvalue weighted by Crippen LogP contribution is -2.12. The van der Waals surface area contributed by atoms with Gasteiger partial charge in [0.05, 0.1) is 10.6 Å². The molecule has 0 atom stereocenters. The van der Waals surface area contributed by atoms with Crippen LogP contribution in [0.15, 0.2) is 70.0 Å². The van der Waals surface area contributed by atoms with Crippen molar-refractivity contribution in [3.8, 4) is 11.4 Å². The molecular formula is C25H23FN4O4S. The number of carbonyl (C=O) groups excluding carboxylic acids is 1. The number of fused-ring (bicyclic) bond motifs is 1. The average Bonchev–Trinajstić information content (AvgIpc) is 3.41. The molecule has 1 amide bonds. The van der Waals surface area contributed by atoms with Gasteiger partial charge in [-0.15, -0.1) is 10.2 Å². The van der Waals surface area contributed by atoms with Crippen molar-refractivity contribution in [2.45, 2.75) is 42.9 Å². The molecule has 0 bridgehead atoms. The van der Waals surface area contributed by atoms with Crippen LogP contribution in [0, 0.1) is 5.82 Å². The Balaban J connectivity index is 1.34. The first-order chi connectivity index (χ1) is 16.9. The lowest BCUT2D eigenvalue weighted by molar-refractivity contribution is 0.0994. The fourth-order valence-corrected chi connectivity index (χ4v) is 5.39. The van der Waals surface area contributed by atoms with Gasteiger partial charge < -0.3 is 14.3 Å². The Labute approximate surface area is 201 Å². The third kappa shape index (κ3) is 4.88. The summed E-state index contributed by atoms with van der Waals surface area (Å²) in [5.74, 6) is -0.180.